The monoisotopic (exact) mass is 564 g/mol. The van der Waals surface area contributed by atoms with Gasteiger partial charge in [0.25, 0.3) is 11.5 Å². The lowest BCUT2D eigenvalue weighted by molar-refractivity contribution is 0.0951. The molecule has 4 aromatic carbocycles. The average molecular weight is 565 g/mol. The number of benzene rings is 4. The zero-order valence-corrected chi connectivity index (χ0v) is 23.4. The van der Waals surface area contributed by atoms with Gasteiger partial charge in [-0.05, 0) is 97.3 Å². The first-order valence-corrected chi connectivity index (χ1v) is 13.2. The number of hydrogen-bond acceptors (Lipinski definition) is 6. The molecule has 8 nitrogen and oxygen atoms in total. The van der Waals surface area contributed by atoms with Gasteiger partial charge in [0.05, 0.1) is 19.0 Å². The van der Waals surface area contributed by atoms with Crippen LogP contribution in [-0.2, 0) is 6.54 Å². The van der Waals surface area contributed by atoms with Gasteiger partial charge in [-0.25, -0.2) is 4.39 Å². The van der Waals surface area contributed by atoms with E-state index in [4.69, 9.17) is 9.47 Å². The van der Waals surface area contributed by atoms with E-state index in [1.165, 1.54) is 23.0 Å². The van der Waals surface area contributed by atoms with Crippen LogP contribution >= 0.6 is 0 Å². The van der Waals surface area contributed by atoms with Crippen molar-refractivity contribution in [1.82, 2.24) is 15.1 Å². The van der Waals surface area contributed by atoms with Crippen LogP contribution in [0.1, 0.15) is 27.0 Å². The second kappa shape index (κ2) is 12.4. The Morgan fingerprint density at radius 1 is 0.929 bits per heavy atom. The third-order valence-electron chi connectivity index (χ3n) is 6.79. The van der Waals surface area contributed by atoms with Gasteiger partial charge in [0, 0.05) is 17.8 Å². The summed E-state index contributed by atoms with van der Waals surface area (Å²) >= 11 is 0. The maximum Gasteiger partial charge on any atom is 0.299 e. The molecular formula is C33H29FN4O4. The minimum atomic E-state index is -0.431. The van der Waals surface area contributed by atoms with Gasteiger partial charge < -0.3 is 20.1 Å². The zero-order valence-electron chi connectivity index (χ0n) is 23.4. The van der Waals surface area contributed by atoms with E-state index in [2.05, 4.69) is 15.7 Å². The first kappa shape index (κ1) is 28.1. The molecule has 0 fully saturated rings. The molecule has 0 unspecified atom stereocenters. The molecular weight excluding hydrogens is 535 g/mol. The van der Waals surface area contributed by atoms with E-state index in [0.717, 1.165) is 11.1 Å². The normalized spacial score (nSPS) is 10.7. The lowest BCUT2D eigenvalue weighted by Gasteiger charge is -2.16. The number of hydrogen-bond donors (Lipinski definition) is 2. The summed E-state index contributed by atoms with van der Waals surface area (Å²) in [5, 5.41) is 10.3. The molecule has 5 rings (SSSR count). The van der Waals surface area contributed by atoms with Gasteiger partial charge in [0.2, 0.25) is 0 Å². The van der Waals surface area contributed by atoms with E-state index in [9.17, 15) is 14.0 Å². The van der Waals surface area contributed by atoms with Crippen molar-refractivity contribution in [2.24, 2.45) is 0 Å². The third kappa shape index (κ3) is 6.31. The molecule has 42 heavy (non-hydrogen) atoms. The Hall–Kier alpha value is -5.44. The van der Waals surface area contributed by atoms with E-state index >= 15 is 0 Å². The van der Waals surface area contributed by atoms with Crippen molar-refractivity contribution in [1.29, 1.82) is 0 Å². The average Bonchev–Trinajstić information content (AvgIpc) is 3.00. The maximum atomic E-state index is 13.7. The predicted octanol–water partition coefficient (Wildman–Crippen LogP) is 6.46. The minimum absolute atomic E-state index is 0.171. The Morgan fingerprint density at radius 2 is 1.67 bits per heavy atom. The molecule has 0 spiro atoms. The fourth-order valence-electron chi connectivity index (χ4n) is 4.27. The molecule has 1 heterocycles. The predicted molar refractivity (Wildman–Crippen MR) is 160 cm³/mol. The van der Waals surface area contributed by atoms with Crippen LogP contribution in [0.2, 0.25) is 0 Å². The SMILES string of the molecule is COc1ccc(-n2ncc(Oc3cccc(C)c3C)c(Nc3ccc(C(=O)NCc4cccc(F)c4)cc3)c2=O)cc1. The van der Waals surface area contributed by atoms with Gasteiger partial charge in [-0.1, -0.05) is 24.3 Å². The minimum Gasteiger partial charge on any atom is -0.497 e. The first-order chi connectivity index (χ1) is 20.3. The zero-order chi connectivity index (χ0) is 29.6. The Kier molecular flexibility index (Phi) is 8.29. The molecule has 1 amide bonds. The van der Waals surface area contributed by atoms with Gasteiger partial charge in [-0.15, -0.1) is 0 Å². The van der Waals surface area contributed by atoms with Crippen LogP contribution in [0.25, 0.3) is 5.69 Å². The summed E-state index contributed by atoms with van der Waals surface area (Å²) in [6, 6.07) is 25.4. The highest BCUT2D eigenvalue weighted by Crippen LogP contribution is 2.32. The summed E-state index contributed by atoms with van der Waals surface area (Å²) in [5.74, 6) is 0.831. The fourth-order valence-corrected chi connectivity index (χ4v) is 4.27. The highest BCUT2D eigenvalue weighted by Gasteiger charge is 2.17. The van der Waals surface area contributed by atoms with Crippen LogP contribution in [-0.4, -0.2) is 22.8 Å². The summed E-state index contributed by atoms with van der Waals surface area (Å²) < 4.78 is 26.1. The van der Waals surface area contributed by atoms with Crippen molar-refractivity contribution in [3.63, 3.8) is 0 Å². The number of amides is 1. The number of anilines is 2. The molecule has 0 aliphatic carbocycles. The van der Waals surface area contributed by atoms with Gasteiger partial charge in [-0.3, -0.25) is 9.59 Å². The number of methoxy groups -OCH3 is 1. The van der Waals surface area contributed by atoms with Crippen molar-refractivity contribution in [3.8, 4) is 22.9 Å². The van der Waals surface area contributed by atoms with Crippen LogP contribution in [0.4, 0.5) is 15.8 Å². The van der Waals surface area contributed by atoms with Crippen LogP contribution in [0.5, 0.6) is 17.2 Å². The largest absolute Gasteiger partial charge is 0.497 e. The van der Waals surface area contributed by atoms with Crippen molar-refractivity contribution < 1.29 is 18.7 Å². The molecule has 0 radical (unpaired) electrons. The van der Waals surface area contributed by atoms with Crippen molar-refractivity contribution >= 4 is 17.3 Å². The molecule has 0 saturated carbocycles. The first-order valence-electron chi connectivity index (χ1n) is 13.2. The quantitative estimate of drug-likeness (QED) is 0.213. The maximum absolute atomic E-state index is 13.7. The van der Waals surface area contributed by atoms with E-state index < -0.39 is 5.56 Å². The lowest BCUT2D eigenvalue weighted by Crippen LogP contribution is -2.24. The van der Waals surface area contributed by atoms with E-state index in [1.54, 1.807) is 67.8 Å². The molecule has 9 heteroatoms. The van der Waals surface area contributed by atoms with Crippen molar-refractivity contribution in [3.05, 3.63) is 136 Å². The highest BCUT2D eigenvalue weighted by molar-refractivity contribution is 5.94. The molecule has 0 bridgehead atoms. The molecule has 0 aliphatic rings. The number of carbonyl (C=O) groups is 1. The number of carbonyl (C=O) groups excluding carboxylic acids is 1. The highest BCUT2D eigenvalue weighted by atomic mass is 19.1. The second-order valence-corrected chi connectivity index (χ2v) is 9.61. The Labute approximate surface area is 242 Å². The molecule has 0 aliphatic heterocycles. The Balaban J connectivity index is 1.43. The van der Waals surface area contributed by atoms with Crippen molar-refractivity contribution in [2.75, 3.05) is 12.4 Å². The Morgan fingerprint density at radius 3 is 2.38 bits per heavy atom. The van der Waals surface area contributed by atoms with Crippen molar-refractivity contribution in [2.45, 2.75) is 20.4 Å². The van der Waals surface area contributed by atoms with E-state index in [1.807, 2.05) is 32.0 Å². The summed E-state index contributed by atoms with van der Waals surface area (Å²) in [6.45, 7) is 4.12. The van der Waals surface area contributed by atoms with Crippen LogP contribution in [0.15, 0.2) is 102 Å². The number of nitrogens with zero attached hydrogens (tertiary/aromatic N) is 2. The van der Waals surface area contributed by atoms with Crippen LogP contribution in [0.3, 0.4) is 0 Å². The topological polar surface area (TPSA) is 94.5 Å². The Bertz CT molecular complexity index is 1780. The van der Waals surface area contributed by atoms with Crippen LogP contribution in [0, 0.1) is 19.7 Å². The summed E-state index contributed by atoms with van der Waals surface area (Å²) in [6.07, 6.45) is 1.49. The number of rotatable bonds is 9. The standard InChI is InChI=1S/C33H29FN4O4/c1-21-6-4-9-29(22(21)2)42-30-20-36-38(27-14-16-28(41-3)17-15-27)33(40)31(30)37-26-12-10-24(11-13-26)32(39)35-19-23-7-5-8-25(34)18-23/h4-18,20,37H,19H2,1-3H3,(H,35,39). The molecule has 0 saturated heterocycles. The lowest BCUT2D eigenvalue weighted by atomic mass is 10.1. The molecule has 5 aromatic rings. The fraction of sp³-hybridized carbons (Fsp3) is 0.121. The number of aryl methyl sites for hydroxylation is 1. The number of halogens is 1. The van der Waals surface area contributed by atoms with Crippen LogP contribution < -0.4 is 25.7 Å². The van der Waals surface area contributed by atoms with E-state index in [0.29, 0.717) is 34.0 Å². The van der Waals surface area contributed by atoms with Gasteiger partial charge >= 0.3 is 0 Å². The van der Waals surface area contributed by atoms with E-state index in [-0.39, 0.29) is 29.7 Å². The summed E-state index contributed by atoms with van der Waals surface area (Å²) in [5.41, 5.74) is 3.91. The summed E-state index contributed by atoms with van der Waals surface area (Å²) in [4.78, 5) is 26.4. The number of ether oxygens (including phenoxy) is 2. The third-order valence-corrected chi connectivity index (χ3v) is 6.79. The molecule has 1 aromatic heterocycles. The molecule has 0 atom stereocenters. The van der Waals surface area contributed by atoms with Gasteiger partial charge in [0.15, 0.2) is 11.4 Å². The van der Waals surface area contributed by atoms with Gasteiger partial charge in [-0.2, -0.15) is 9.78 Å². The number of aromatic nitrogens is 2. The number of nitrogens with one attached hydrogen (secondary N) is 2. The second-order valence-electron chi connectivity index (χ2n) is 9.61. The smallest absolute Gasteiger partial charge is 0.299 e. The summed E-state index contributed by atoms with van der Waals surface area (Å²) in [7, 11) is 1.57. The molecule has 212 valence electrons. The molecule has 2 N–H and O–H groups in total. The van der Waals surface area contributed by atoms with Gasteiger partial charge in [0.1, 0.15) is 17.3 Å².